The van der Waals surface area contributed by atoms with Crippen molar-refractivity contribution in [3.05, 3.63) is 71.8 Å². The number of carbonyl (C=O) groups excluding carboxylic acids is 1. The second kappa shape index (κ2) is 10.9. The molecule has 1 N–H and O–H groups in total. The van der Waals surface area contributed by atoms with Gasteiger partial charge in [0.2, 0.25) is 5.91 Å². The summed E-state index contributed by atoms with van der Waals surface area (Å²) < 4.78 is 0. The van der Waals surface area contributed by atoms with Gasteiger partial charge in [0.25, 0.3) is 0 Å². The number of rotatable bonds is 7. The second-order valence-corrected chi connectivity index (χ2v) is 8.81. The quantitative estimate of drug-likeness (QED) is 0.748. The molecule has 0 saturated carbocycles. The third kappa shape index (κ3) is 5.94. The number of piperidine rings is 1. The van der Waals surface area contributed by atoms with E-state index in [0.29, 0.717) is 12.6 Å². The molecule has 5 heteroatoms. The molecule has 0 radical (unpaired) electrons. The van der Waals surface area contributed by atoms with Crippen molar-refractivity contribution < 1.29 is 4.79 Å². The first-order valence-electron chi connectivity index (χ1n) is 11.8. The summed E-state index contributed by atoms with van der Waals surface area (Å²) in [5, 5.41) is 3.28. The van der Waals surface area contributed by atoms with Gasteiger partial charge in [0.15, 0.2) is 0 Å². The van der Waals surface area contributed by atoms with Gasteiger partial charge in [-0.05, 0) is 30.5 Å². The molecule has 0 unspecified atom stereocenters. The van der Waals surface area contributed by atoms with E-state index >= 15 is 0 Å². The van der Waals surface area contributed by atoms with Crippen molar-refractivity contribution in [2.45, 2.75) is 31.8 Å². The molecular weight excluding hydrogens is 384 g/mol. The van der Waals surface area contributed by atoms with E-state index in [9.17, 15) is 4.79 Å². The Kier molecular flexibility index (Phi) is 7.73. The van der Waals surface area contributed by atoms with Crippen molar-refractivity contribution in [3.8, 4) is 0 Å². The molecule has 2 aliphatic rings. The summed E-state index contributed by atoms with van der Waals surface area (Å²) in [7, 11) is 0. The molecule has 2 heterocycles. The summed E-state index contributed by atoms with van der Waals surface area (Å²) in [5.41, 5.74) is 2.66. The van der Waals surface area contributed by atoms with Gasteiger partial charge in [-0.15, -0.1) is 0 Å². The Bertz CT molecular complexity index is 757. The molecule has 2 fully saturated rings. The van der Waals surface area contributed by atoms with Crippen LogP contribution in [0.2, 0.25) is 0 Å². The summed E-state index contributed by atoms with van der Waals surface area (Å²) in [6, 6.07) is 22.1. The van der Waals surface area contributed by atoms with Crippen molar-refractivity contribution in [2.24, 2.45) is 0 Å². The van der Waals surface area contributed by atoms with Gasteiger partial charge in [-0.25, -0.2) is 0 Å². The highest BCUT2D eigenvalue weighted by molar-refractivity contribution is 5.78. The number of benzene rings is 2. The number of hydrogen-bond acceptors (Lipinski definition) is 4. The average molecular weight is 421 g/mol. The van der Waals surface area contributed by atoms with E-state index in [4.69, 9.17) is 0 Å². The van der Waals surface area contributed by atoms with Crippen LogP contribution >= 0.6 is 0 Å². The molecule has 0 spiro atoms. The maximum Gasteiger partial charge on any atom is 0.234 e. The first-order chi connectivity index (χ1) is 15.2. The number of hydrogen-bond donors (Lipinski definition) is 1. The number of carbonyl (C=O) groups is 1. The average Bonchev–Trinajstić information content (AvgIpc) is 2.82. The highest BCUT2D eigenvalue weighted by Crippen LogP contribution is 2.29. The molecule has 166 valence electrons. The van der Waals surface area contributed by atoms with Crippen LogP contribution in [0.4, 0.5) is 0 Å². The fraction of sp³-hybridized carbons (Fsp3) is 0.500. The van der Waals surface area contributed by atoms with E-state index in [1.165, 1.54) is 11.1 Å². The minimum atomic E-state index is 0.186. The molecule has 1 amide bonds. The smallest absolute Gasteiger partial charge is 0.234 e. The topological polar surface area (TPSA) is 38.8 Å². The molecule has 2 aromatic carbocycles. The largest absolute Gasteiger partial charge is 0.352 e. The van der Waals surface area contributed by atoms with E-state index in [-0.39, 0.29) is 11.9 Å². The molecule has 0 atom stereocenters. The summed E-state index contributed by atoms with van der Waals surface area (Å²) in [5.74, 6) is 0.186. The minimum absolute atomic E-state index is 0.186. The zero-order chi connectivity index (χ0) is 21.5. The van der Waals surface area contributed by atoms with Crippen molar-refractivity contribution in [1.82, 2.24) is 20.0 Å². The molecule has 0 aromatic heterocycles. The van der Waals surface area contributed by atoms with Crippen LogP contribution in [-0.4, -0.2) is 79.0 Å². The van der Waals surface area contributed by atoms with Crippen LogP contribution in [0.1, 0.15) is 36.9 Å². The third-order valence-corrected chi connectivity index (χ3v) is 6.77. The first kappa shape index (κ1) is 22.0. The highest BCUT2D eigenvalue weighted by atomic mass is 16.2. The van der Waals surface area contributed by atoms with Crippen LogP contribution in [0.25, 0.3) is 0 Å². The predicted molar refractivity (Wildman–Crippen MR) is 126 cm³/mol. The number of nitrogens with one attached hydrogen (secondary N) is 1. The van der Waals surface area contributed by atoms with Crippen molar-refractivity contribution >= 4 is 5.91 Å². The predicted octanol–water partition coefficient (Wildman–Crippen LogP) is 2.99. The number of piperazine rings is 1. The van der Waals surface area contributed by atoms with Crippen LogP contribution in [-0.2, 0) is 4.79 Å². The Morgan fingerprint density at radius 1 is 0.839 bits per heavy atom. The molecule has 31 heavy (non-hydrogen) atoms. The Balaban J connectivity index is 1.30. The van der Waals surface area contributed by atoms with E-state index in [1.54, 1.807) is 0 Å². The maximum absolute atomic E-state index is 12.6. The summed E-state index contributed by atoms with van der Waals surface area (Å²) in [4.78, 5) is 19.9. The molecule has 2 aliphatic heterocycles. The number of nitrogens with zero attached hydrogens (tertiary/aromatic N) is 3. The van der Waals surface area contributed by atoms with Crippen LogP contribution < -0.4 is 5.32 Å². The van der Waals surface area contributed by atoms with Gasteiger partial charge >= 0.3 is 0 Å². The van der Waals surface area contributed by atoms with Crippen LogP contribution in [0.5, 0.6) is 0 Å². The number of amides is 1. The van der Waals surface area contributed by atoms with E-state index in [0.717, 1.165) is 58.7 Å². The van der Waals surface area contributed by atoms with Crippen molar-refractivity contribution in [1.29, 1.82) is 0 Å². The number of likely N-dealkylation sites (tertiary alicyclic amines) is 1. The first-order valence-corrected chi connectivity index (χ1v) is 11.8. The molecule has 0 bridgehead atoms. The Morgan fingerprint density at radius 3 is 1.90 bits per heavy atom. The van der Waals surface area contributed by atoms with Crippen molar-refractivity contribution in [2.75, 3.05) is 52.4 Å². The van der Waals surface area contributed by atoms with Crippen LogP contribution in [0.3, 0.4) is 0 Å². The molecule has 0 aliphatic carbocycles. The lowest BCUT2D eigenvalue weighted by molar-refractivity contribution is -0.123. The van der Waals surface area contributed by atoms with Gasteiger partial charge in [0, 0.05) is 45.3 Å². The van der Waals surface area contributed by atoms with Gasteiger partial charge in [-0.1, -0.05) is 67.6 Å². The molecular formula is C26H36N4O. The van der Waals surface area contributed by atoms with E-state index in [2.05, 4.69) is 87.6 Å². The van der Waals surface area contributed by atoms with Gasteiger partial charge in [-0.2, -0.15) is 0 Å². The Labute approximate surface area is 187 Å². The molecule has 4 rings (SSSR count). The Morgan fingerprint density at radius 2 is 1.39 bits per heavy atom. The standard InChI is InChI=1S/C26H36N4O/c1-2-28-15-13-24(14-16-28)27-25(31)21-29-17-19-30(20-18-29)26(22-9-5-3-6-10-22)23-11-7-4-8-12-23/h3-12,24,26H,2,13-21H2,1H3,(H,27,31). The zero-order valence-electron chi connectivity index (χ0n) is 18.7. The lowest BCUT2D eigenvalue weighted by atomic mass is 9.96. The third-order valence-electron chi connectivity index (χ3n) is 6.77. The van der Waals surface area contributed by atoms with Gasteiger partial charge in [0.1, 0.15) is 0 Å². The zero-order valence-corrected chi connectivity index (χ0v) is 18.7. The minimum Gasteiger partial charge on any atom is -0.352 e. The fourth-order valence-corrected chi connectivity index (χ4v) is 4.93. The summed E-state index contributed by atoms with van der Waals surface area (Å²) >= 11 is 0. The molecule has 5 nitrogen and oxygen atoms in total. The van der Waals surface area contributed by atoms with Crippen LogP contribution in [0, 0.1) is 0 Å². The van der Waals surface area contributed by atoms with Gasteiger partial charge in [0.05, 0.1) is 12.6 Å². The lowest BCUT2D eigenvalue weighted by Crippen LogP contribution is -2.52. The molecule has 2 aromatic rings. The van der Waals surface area contributed by atoms with Gasteiger partial charge in [-0.3, -0.25) is 14.6 Å². The monoisotopic (exact) mass is 420 g/mol. The summed E-state index contributed by atoms with van der Waals surface area (Å²) in [6.07, 6.45) is 2.15. The van der Waals surface area contributed by atoms with Gasteiger partial charge < -0.3 is 10.2 Å². The lowest BCUT2D eigenvalue weighted by Gasteiger charge is -2.39. The second-order valence-electron chi connectivity index (χ2n) is 8.81. The highest BCUT2D eigenvalue weighted by Gasteiger charge is 2.27. The normalized spacial score (nSPS) is 19.5. The summed E-state index contributed by atoms with van der Waals surface area (Å²) in [6.45, 7) is 9.82. The van der Waals surface area contributed by atoms with Crippen molar-refractivity contribution in [3.63, 3.8) is 0 Å². The Hall–Kier alpha value is -2.21. The van der Waals surface area contributed by atoms with E-state index < -0.39 is 0 Å². The SMILES string of the molecule is CCN1CCC(NC(=O)CN2CCN(C(c3ccccc3)c3ccccc3)CC2)CC1. The maximum atomic E-state index is 12.6. The molecule has 2 saturated heterocycles. The van der Waals surface area contributed by atoms with Crippen LogP contribution in [0.15, 0.2) is 60.7 Å². The van der Waals surface area contributed by atoms with E-state index in [1.807, 2.05) is 0 Å². The fourth-order valence-electron chi connectivity index (χ4n) is 4.93.